The van der Waals surface area contributed by atoms with Crippen molar-refractivity contribution in [2.75, 3.05) is 12.9 Å². The van der Waals surface area contributed by atoms with Crippen LogP contribution in [-0.2, 0) is 27.8 Å². The Bertz CT molecular complexity index is 1390. The molecule has 1 heterocycles. The molecule has 1 amide bonds. The molecule has 1 aromatic heterocycles. The lowest BCUT2D eigenvalue weighted by Crippen LogP contribution is -2.32. The maximum absolute atomic E-state index is 12.1. The Kier molecular flexibility index (Phi) is 6.39. The van der Waals surface area contributed by atoms with Crippen LogP contribution in [0.5, 0.6) is 5.75 Å². The number of hydrogen-bond donors (Lipinski definition) is 1. The number of nitrogens with one attached hydrogen (secondary N) is 1. The molecule has 166 valence electrons. The number of sulfonamides is 1. The second kappa shape index (κ2) is 9.22. The van der Waals surface area contributed by atoms with Gasteiger partial charge in [0.1, 0.15) is 12.3 Å². The minimum Gasteiger partial charge on any atom is -0.493 e. The van der Waals surface area contributed by atoms with Crippen LogP contribution in [0.25, 0.3) is 21.7 Å². The SMILES string of the molecule is CS(=O)(=O)NC(=O)Cn1cc(CCCOc2cccc3ccccc23)c2ccc(Cl)cc21. The average Bonchev–Trinajstić information content (AvgIpc) is 3.06. The van der Waals surface area contributed by atoms with Gasteiger partial charge in [0.05, 0.1) is 18.4 Å². The van der Waals surface area contributed by atoms with Crippen LogP contribution in [0, 0.1) is 0 Å². The van der Waals surface area contributed by atoms with E-state index in [1.54, 1.807) is 16.7 Å². The van der Waals surface area contributed by atoms with Crippen molar-refractivity contribution < 1.29 is 17.9 Å². The van der Waals surface area contributed by atoms with Gasteiger partial charge in [-0.05, 0) is 42.0 Å². The van der Waals surface area contributed by atoms with Crippen LogP contribution < -0.4 is 9.46 Å². The number of hydrogen-bond acceptors (Lipinski definition) is 4. The Morgan fingerprint density at radius 1 is 1.06 bits per heavy atom. The van der Waals surface area contributed by atoms with Crippen molar-refractivity contribution in [2.24, 2.45) is 0 Å². The number of ether oxygens (including phenoxy) is 1. The van der Waals surface area contributed by atoms with Gasteiger partial charge < -0.3 is 9.30 Å². The molecular formula is C24H23ClN2O4S. The van der Waals surface area contributed by atoms with Crippen LogP contribution in [0.2, 0.25) is 5.02 Å². The summed E-state index contributed by atoms with van der Waals surface area (Å²) in [7, 11) is -3.61. The van der Waals surface area contributed by atoms with Crippen molar-refractivity contribution in [1.29, 1.82) is 0 Å². The predicted molar refractivity (Wildman–Crippen MR) is 128 cm³/mol. The van der Waals surface area contributed by atoms with E-state index in [9.17, 15) is 13.2 Å². The molecule has 0 saturated carbocycles. The van der Waals surface area contributed by atoms with Crippen molar-refractivity contribution in [1.82, 2.24) is 9.29 Å². The number of carbonyl (C=O) groups excluding carboxylic acids is 1. The summed E-state index contributed by atoms with van der Waals surface area (Å²) < 4.78 is 32.5. The summed E-state index contributed by atoms with van der Waals surface area (Å²) in [5.74, 6) is 0.255. The molecular weight excluding hydrogens is 448 g/mol. The van der Waals surface area contributed by atoms with Gasteiger partial charge in [0.2, 0.25) is 10.0 Å². The third-order valence-electron chi connectivity index (χ3n) is 5.14. The Morgan fingerprint density at radius 3 is 2.66 bits per heavy atom. The molecule has 1 N–H and O–H groups in total. The number of nitrogens with zero attached hydrogens (tertiary/aromatic N) is 1. The molecule has 4 aromatic rings. The first kappa shape index (κ1) is 22.2. The zero-order valence-electron chi connectivity index (χ0n) is 17.5. The normalized spacial score (nSPS) is 11.7. The molecule has 0 aliphatic carbocycles. The zero-order chi connectivity index (χ0) is 22.7. The highest BCUT2D eigenvalue weighted by molar-refractivity contribution is 7.89. The Morgan fingerprint density at radius 2 is 1.84 bits per heavy atom. The van der Waals surface area contributed by atoms with Gasteiger partial charge in [0, 0.05) is 22.0 Å². The first-order valence-corrected chi connectivity index (χ1v) is 12.5. The van der Waals surface area contributed by atoms with E-state index in [4.69, 9.17) is 16.3 Å². The summed E-state index contributed by atoms with van der Waals surface area (Å²) >= 11 is 6.16. The van der Waals surface area contributed by atoms with Crippen LogP contribution in [0.4, 0.5) is 0 Å². The number of benzene rings is 3. The number of aryl methyl sites for hydroxylation is 1. The summed E-state index contributed by atoms with van der Waals surface area (Å²) in [5, 5.41) is 3.74. The number of carbonyl (C=O) groups is 1. The molecule has 0 unspecified atom stereocenters. The van der Waals surface area contributed by atoms with Gasteiger partial charge in [-0.15, -0.1) is 0 Å². The molecule has 8 heteroatoms. The largest absolute Gasteiger partial charge is 0.493 e. The maximum atomic E-state index is 12.1. The van der Waals surface area contributed by atoms with Crippen LogP contribution in [-0.4, -0.2) is 31.8 Å². The fourth-order valence-corrected chi connectivity index (χ4v) is 4.48. The second-order valence-electron chi connectivity index (χ2n) is 7.67. The summed E-state index contributed by atoms with van der Waals surface area (Å²) in [5.41, 5.74) is 1.83. The molecule has 0 atom stereocenters. The molecule has 0 fully saturated rings. The van der Waals surface area contributed by atoms with Crippen molar-refractivity contribution >= 4 is 49.2 Å². The van der Waals surface area contributed by atoms with Gasteiger partial charge in [-0.1, -0.05) is 54.1 Å². The zero-order valence-corrected chi connectivity index (χ0v) is 19.1. The van der Waals surface area contributed by atoms with Crippen molar-refractivity contribution in [2.45, 2.75) is 19.4 Å². The first-order chi connectivity index (χ1) is 15.3. The smallest absolute Gasteiger partial charge is 0.253 e. The van der Waals surface area contributed by atoms with E-state index in [0.29, 0.717) is 11.6 Å². The topological polar surface area (TPSA) is 77.4 Å². The number of halogens is 1. The second-order valence-corrected chi connectivity index (χ2v) is 9.86. The Hall–Kier alpha value is -3.03. The number of rotatable bonds is 8. The van der Waals surface area contributed by atoms with Crippen LogP contribution >= 0.6 is 11.6 Å². The standard InChI is InChI=1S/C24H23ClN2O4S/c1-32(29,30)26-24(28)16-27-15-18(20-12-11-19(25)14-22(20)27)8-5-13-31-23-10-4-7-17-6-2-3-9-21(17)23/h2-4,6-7,9-12,14-15H,5,8,13,16H2,1H3,(H,26,28). The first-order valence-electron chi connectivity index (χ1n) is 10.2. The molecule has 6 nitrogen and oxygen atoms in total. The van der Waals surface area contributed by atoms with E-state index in [2.05, 4.69) is 12.1 Å². The van der Waals surface area contributed by atoms with Gasteiger partial charge in [-0.25, -0.2) is 8.42 Å². The lowest BCUT2D eigenvalue weighted by Gasteiger charge is -2.09. The minimum atomic E-state index is -3.61. The molecule has 0 aliphatic rings. The molecule has 32 heavy (non-hydrogen) atoms. The molecule has 3 aromatic carbocycles. The highest BCUT2D eigenvalue weighted by Crippen LogP contribution is 2.27. The van der Waals surface area contributed by atoms with Crippen molar-refractivity contribution in [3.8, 4) is 5.75 Å². The Balaban J connectivity index is 1.47. The molecule has 0 spiro atoms. The highest BCUT2D eigenvalue weighted by Gasteiger charge is 2.14. The minimum absolute atomic E-state index is 0.115. The van der Waals surface area contributed by atoms with E-state index >= 15 is 0 Å². The van der Waals surface area contributed by atoms with E-state index in [0.717, 1.165) is 52.1 Å². The van der Waals surface area contributed by atoms with E-state index in [1.165, 1.54) is 0 Å². The molecule has 4 rings (SSSR count). The van der Waals surface area contributed by atoms with Gasteiger partial charge >= 0.3 is 0 Å². The van der Waals surface area contributed by atoms with E-state index in [1.807, 2.05) is 47.3 Å². The Labute approximate surface area is 191 Å². The van der Waals surface area contributed by atoms with Crippen molar-refractivity contribution in [3.05, 3.63) is 77.4 Å². The summed E-state index contributed by atoms with van der Waals surface area (Å²) in [6.07, 6.45) is 4.35. The quantitative estimate of drug-likeness (QED) is 0.384. The van der Waals surface area contributed by atoms with Crippen LogP contribution in [0.3, 0.4) is 0 Å². The average molecular weight is 471 g/mol. The fourth-order valence-electron chi connectivity index (χ4n) is 3.83. The number of amides is 1. The number of fused-ring (bicyclic) bond motifs is 2. The van der Waals surface area contributed by atoms with Gasteiger partial charge in [-0.3, -0.25) is 9.52 Å². The maximum Gasteiger partial charge on any atom is 0.253 e. The molecule has 0 aliphatic heterocycles. The van der Waals surface area contributed by atoms with Crippen molar-refractivity contribution in [3.63, 3.8) is 0 Å². The molecule has 0 bridgehead atoms. The molecule has 0 saturated heterocycles. The van der Waals surface area contributed by atoms with Gasteiger partial charge in [0.25, 0.3) is 5.91 Å². The fraction of sp³-hybridized carbons (Fsp3) is 0.208. The van der Waals surface area contributed by atoms with Crippen LogP contribution in [0.15, 0.2) is 66.9 Å². The summed E-state index contributed by atoms with van der Waals surface area (Å²) in [6.45, 7) is 0.430. The third kappa shape index (κ3) is 5.23. The number of aromatic nitrogens is 1. The monoisotopic (exact) mass is 470 g/mol. The molecule has 0 radical (unpaired) electrons. The van der Waals surface area contributed by atoms with Gasteiger partial charge in [-0.2, -0.15) is 0 Å². The van der Waals surface area contributed by atoms with Crippen LogP contribution in [0.1, 0.15) is 12.0 Å². The summed E-state index contributed by atoms with van der Waals surface area (Å²) in [4.78, 5) is 12.1. The van der Waals surface area contributed by atoms with Gasteiger partial charge in [0.15, 0.2) is 0 Å². The van der Waals surface area contributed by atoms with E-state index < -0.39 is 15.9 Å². The lowest BCUT2D eigenvalue weighted by atomic mass is 10.1. The lowest BCUT2D eigenvalue weighted by molar-refractivity contribution is -0.119. The van der Waals surface area contributed by atoms with E-state index in [-0.39, 0.29) is 6.54 Å². The summed E-state index contributed by atoms with van der Waals surface area (Å²) in [6, 6.07) is 19.6. The third-order valence-corrected chi connectivity index (χ3v) is 5.97. The highest BCUT2D eigenvalue weighted by atomic mass is 35.5. The predicted octanol–water partition coefficient (Wildman–Crippen LogP) is 4.54.